The Morgan fingerprint density at radius 3 is 2.21 bits per heavy atom. The van der Waals surface area contributed by atoms with Crippen molar-refractivity contribution in [1.29, 1.82) is 0 Å². The number of hydrogen-bond donors (Lipinski definition) is 1. The third-order valence-corrected chi connectivity index (χ3v) is 4.95. The summed E-state index contributed by atoms with van der Waals surface area (Å²) in [5, 5.41) is 9.09. The van der Waals surface area contributed by atoms with Gasteiger partial charge >= 0.3 is 11.9 Å². The molecule has 0 amide bonds. The number of methoxy groups -OCH3 is 1. The quantitative estimate of drug-likeness (QED) is 0.488. The Morgan fingerprint density at radius 1 is 1.03 bits per heavy atom. The van der Waals surface area contributed by atoms with Crippen LogP contribution in [0.1, 0.15) is 30.2 Å². The maximum absolute atomic E-state index is 11.5. The Bertz CT molecular complexity index is 863. The molecule has 0 aromatic heterocycles. The van der Waals surface area contributed by atoms with Crippen LogP contribution >= 0.6 is 11.8 Å². The van der Waals surface area contributed by atoms with Crippen molar-refractivity contribution in [2.75, 3.05) is 19.5 Å². The van der Waals surface area contributed by atoms with Crippen molar-refractivity contribution in [3.63, 3.8) is 0 Å². The molecule has 1 N–H and O–H groups in total. The molecular formula is C22H24O6S. The molecule has 2 aromatic carbocycles. The molecule has 0 heterocycles. The number of rotatable bonds is 9. The molecule has 1 atom stereocenters. The third kappa shape index (κ3) is 6.96. The molecule has 0 aliphatic heterocycles. The summed E-state index contributed by atoms with van der Waals surface area (Å²) in [6.07, 6.45) is 3.95. The monoisotopic (exact) mass is 416 g/mol. The Balaban J connectivity index is 2.50. The molecule has 0 fully saturated rings. The van der Waals surface area contributed by atoms with Gasteiger partial charge in [-0.25, -0.2) is 0 Å². The second kappa shape index (κ2) is 11.3. The highest BCUT2D eigenvalue weighted by Gasteiger charge is 2.21. The molecule has 6 nitrogen and oxygen atoms in total. The van der Waals surface area contributed by atoms with E-state index in [1.807, 2.05) is 42.5 Å². The first-order valence-corrected chi connectivity index (χ1v) is 10.0. The van der Waals surface area contributed by atoms with Gasteiger partial charge in [0.05, 0.1) is 19.0 Å². The van der Waals surface area contributed by atoms with Crippen molar-refractivity contribution in [3.8, 4) is 17.2 Å². The molecule has 0 aliphatic rings. The number of carbonyl (C=O) groups excluding carboxylic acids is 2. The minimum absolute atomic E-state index is 0.0188. The van der Waals surface area contributed by atoms with E-state index in [1.165, 1.54) is 38.8 Å². The Labute approximate surface area is 174 Å². The number of carbonyl (C=O) groups is 2. The molecule has 2 aromatic rings. The predicted molar refractivity (Wildman–Crippen MR) is 113 cm³/mol. The van der Waals surface area contributed by atoms with E-state index in [0.29, 0.717) is 11.5 Å². The average molecular weight is 416 g/mol. The van der Waals surface area contributed by atoms with Gasteiger partial charge < -0.3 is 19.3 Å². The topological polar surface area (TPSA) is 82.1 Å². The van der Waals surface area contributed by atoms with E-state index < -0.39 is 11.9 Å². The molecular weight excluding hydrogens is 392 g/mol. The molecule has 0 saturated heterocycles. The number of esters is 2. The molecule has 154 valence electrons. The molecule has 2 rings (SSSR count). The Hall–Kier alpha value is -2.77. The Kier molecular flexibility index (Phi) is 8.76. The lowest BCUT2D eigenvalue weighted by molar-refractivity contribution is -0.134. The van der Waals surface area contributed by atoms with Crippen LogP contribution in [0.5, 0.6) is 17.2 Å². The van der Waals surface area contributed by atoms with Crippen LogP contribution in [0.3, 0.4) is 0 Å². The summed E-state index contributed by atoms with van der Waals surface area (Å²) in [4.78, 5) is 22.9. The lowest BCUT2D eigenvalue weighted by Gasteiger charge is -2.19. The summed E-state index contributed by atoms with van der Waals surface area (Å²) in [5.41, 5.74) is 1.75. The Morgan fingerprint density at radius 2 is 1.66 bits per heavy atom. The van der Waals surface area contributed by atoms with Crippen molar-refractivity contribution in [2.24, 2.45) is 0 Å². The van der Waals surface area contributed by atoms with Crippen LogP contribution in [-0.4, -0.2) is 36.5 Å². The van der Waals surface area contributed by atoms with Crippen LogP contribution in [0.25, 0.3) is 6.08 Å². The van der Waals surface area contributed by atoms with E-state index >= 15 is 0 Å². The van der Waals surface area contributed by atoms with Gasteiger partial charge in [0.2, 0.25) is 0 Å². The fourth-order valence-corrected chi connectivity index (χ4v) is 3.53. The lowest BCUT2D eigenvalue weighted by Crippen LogP contribution is -2.09. The second-order valence-electron chi connectivity index (χ2n) is 6.01. The first-order valence-electron chi connectivity index (χ1n) is 8.99. The van der Waals surface area contributed by atoms with Crippen molar-refractivity contribution >= 4 is 29.8 Å². The highest BCUT2D eigenvalue weighted by molar-refractivity contribution is 7.99. The first-order chi connectivity index (χ1) is 13.9. The van der Waals surface area contributed by atoms with Crippen LogP contribution in [0.4, 0.5) is 0 Å². The fourth-order valence-electron chi connectivity index (χ4n) is 2.62. The highest BCUT2D eigenvalue weighted by Crippen LogP contribution is 2.43. The summed E-state index contributed by atoms with van der Waals surface area (Å²) < 4.78 is 15.9. The average Bonchev–Trinajstić information content (AvgIpc) is 2.69. The smallest absolute Gasteiger partial charge is 0.308 e. The van der Waals surface area contributed by atoms with Gasteiger partial charge in [-0.2, -0.15) is 0 Å². The molecule has 0 radical (unpaired) electrons. The second-order valence-corrected chi connectivity index (χ2v) is 7.26. The van der Waals surface area contributed by atoms with Gasteiger partial charge in [0, 0.05) is 31.2 Å². The normalized spacial score (nSPS) is 11.9. The van der Waals surface area contributed by atoms with E-state index in [1.54, 1.807) is 6.07 Å². The van der Waals surface area contributed by atoms with Crippen LogP contribution in [0, 0.1) is 0 Å². The van der Waals surface area contributed by atoms with Gasteiger partial charge in [-0.05, 0) is 11.6 Å². The number of hydrogen-bond acceptors (Lipinski definition) is 7. The molecule has 1 unspecified atom stereocenters. The number of aliphatic hydroxyl groups excluding tert-OH is 1. The molecule has 7 heteroatoms. The van der Waals surface area contributed by atoms with Crippen molar-refractivity contribution in [2.45, 2.75) is 19.1 Å². The van der Waals surface area contributed by atoms with Crippen molar-refractivity contribution in [1.82, 2.24) is 0 Å². The maximum Gasteiger partial charge on any atom is 0.308 e. The zero-order chi connectivity index (χ0) is 21.2. The summed E-state index contributed by atoms with van der Waals surface area (Å²) in [7, 11) is 1.51. The number of thioether (sulfide) groups is 1. The van der Waals surface area contributed by atoms with Crippen LogP contribution < -0.4 is 14.2 Å². The number of aliphatic hydroxyl groups is 1. The highest BCUT2D eigenvalue weighted by atomic mass is 32.2. The van der Waals surface area contributed by atoms with Gasteiger partial charge in [0.1, 0.15) is 5.75 Å². The largest absolute Gasteiger partial charge is 0.496 e. The number of ether oxygens (including phenoxy) is 3. The van der Waals surface area contributed by atoms with Crippen molar-refractivity contribution < 1.29 is 28.9 Å². The third-order valence-electron chi connectivity index (χ3n) is 3.76. The van der Waals surface area contributed by atoms with Gasteiger partial charge in [-0.1, -0.05) is 42.5 Å². The van der Waals surface area contributed by atoms with E-state index in [4.69, 9.17) is 14.2 Å². The zero-order valence-corrected chi connectivity index (χ0v) is 17.4. The summed E-state index contributed by atoms with van der Waals surface area (Å²) >= 11 is 1.51. The lowest BCUT2D eigenvalue weighted by atomic mass is 10.1. The van der Waals surface area contributed by atoms with Gasteiger partial charge in [-0.3, -0.25) is 9.59 Å². The van der Waals surface area contributed by atoms with Crippen LogP contribution in [-0.2, 0) is 9.59 Å². The van der Waals surface area contributed by atoms with Gasteiger partial charge in [-0.15, -0.1) is 11.8 Å². The molecule has 0 aliphatic carbocycles. The van der Waals surface area contributed by atoms with E-state index in [-0.39, 0.29) is 23.4 Å². The van der Waals surface area contributed by atoms with Gasteiger partial charge in [0.25, 0.3) is 0 Å². The van der Waals surface area contributed by atoms with E-state index in [9.17, 15) is 14.7 Å². The maximum atomic E-state index is 11.5. The van der Waals surface area contributed by atoms with Gasteiger partial charge in [0.15, 0.2) is 11.5 Å². The summed E-state index contributed by atoms with van der Waals surface area (Å²) in [6.45, 7) is 2.56. The SMILES string of the molecule is COc1cc(OC(C)=O)c(OC(C)=O)cc1C(/C=C/c1ccccc1)SCCO. The zero-order valence-electron chi connectivity index (χ0n) is 16.6. The first kappa shape index (κ1) is 22.5. The standard InChI is InChI=1S/C22H24O6S/c1-15(24)27-20-13-18(19(26-3)14-21(20)28-16(2)25)22(29-12-11-23)10-9-17-7-5-4-6-8-17/h4-10,13-14,22-23H,11-12H2,1-3H3/b10-9+. The minimum atomic E-state index is -0.539. The van der Waals surface area contributed by atoms with E-state index in [2.05, 4.69) is 0 Å². The molecule has 0 bridgehead atoms. The minimum Gasteiger partial charge on any atom is -0.496 e. The fraction of sp³-hybridized carbons (Fsp3) is 0.273. The summed E-state index contributed by atoms with van der Waals surface area (Å²) in [6, 6.07) is 13.0. The molecule has 0 spiro atoms. The van der Waals surface area contributed by atoms with Crippen LogP contribution in [0.15, 0.2) is 48.5 Å². The van der Waals surface area contributed by atoms with Crippen molar-refractivity contribution in [3.05, 3.63) is 59.7 Å². The molecule has 0 saturated carbocycles. The predicted octanol–water partition coefficient (Wildman–Crippen LogP) is 4.03. The van der Waals surface area contributed by atoms with Crippen LogP contribution in [0.2, 0.25) is 0 Å². The molecule has 29 heavy (non-hydrogen) atoms. The number of benzene rings is 2. The van der Waals surface area contributed by atoms with E-state index in [0.717, 1.165) is 11.1 Å². The summed E-state index contributed by atoms with van der Waals surface area (Å²) in [5.74, 6) is 0.140.